The van der Waals surface area contributed by atoms with Crippen LogP contribution in [0, 0.1) is 0 Å². The summed E-state index contributed by atoms with van der Waals surface area (Å²) in [5, 5.41) is 2.14. The van der Waals surface area contributed by atoms with Gasteiger partial charge in [0.15, 0.2) is 5.82 Å². The zero-order valence-corrected chi connectivity index (χ0v) is 30.3. The summed E-state index contributed by atoms with van der Waals surface area (Å²) in [5.74, 6) is 0.670. The van der Waals surface area contributed by atoms with Gasteiger partial charge in [-0.1, -0.05) is 170 Å². The van der Waals surface area contributed by atoms with Gasteiger partial charge in [0, 0.05) is 21.9 Å². The zero-order valence-electron chi connectivity index (χ0n) is 30.3. The first-order chi connectivity index (χ1) is 27.8. The predicted molar refractivity (Wildman–Crippen MR) is 227 cm³/mol. The highest BCUT2D eigenvalue weighted by molar-refractivity contribution is 6.12. The Morgan fingerprint density at radius 3 is 1.57 bits per heavy atom. The van der Waals surface area contributed by atoms with E-state index in [4.69, 9.17) is 14.4 Å². The third-order valence-corrected chi connectivity index (χ3v) is 11.9. The van der Waals surface area contributed by atoms with Crippen LogP contribution < -0.4 is 0 Å². The molecule has 0 unspecified atom stereocenters. The van der Waals surface area contributed by atoms with Crippen LogP contribution in [0.2, 0.25) is 0 Å². The third kappa shape index (κ3) is 4.28. The van der Waals surface area contributed by atoms with Gasteiger partial charge in [0.2, 0.25) is 0 Å². The molecular formula is C53H32N2O. The van der Waals surface area contributed by atoms with E-state index in [0.29, 0.717) is 5.82 Å². The van der Waals surface area contributed by atoms with E-state index in [1.165, 1.54) is 44.5 Å². The maximum atomic E-state index is 6.86. The molecule has 12 rings (SSSR count). The summed E-state index contributed by atoms with van der Waals surface area (Å²) in [6, 6.07) is 69.5. The van der Waals surface area contributed by atoms with Crippen LogP contribution in [-0.4, -0.2) is 9.97 Å². The highest BCUT2D eigenvalue weighted by Crippen LogP contribution is 2.63. The fourth-order valence-corrected chi connectivity index (χ4v) is 9.59. The van der Waals surface area contributed by atoms with Crippen molar-refractivity contribution in [2.45, 2.75) is 5.41 Å². The van der Waals surface area contributed by atoms with Crippen LogP contribution in [-0.2, 0) is 5.41 Å². The second kappa shape index (κ2) is 11.8. The largest absolute Gasteiger partial charge is 0.455 e. The van der Waals surface area contributed by atoms with Crippen molar-refractivity contribution in [3.8, 4) is 67.3 Å². The molecule has 0 bridgehead atoms. The number of hydrogen-bond donors (Lipinski definition) is 0. The second-order valence-corrected chi connectivity index (χ2v) is 14.8. The van der Waals surface area contributed by atoms with Gasteiger partial charge in [-0.2, -0.15) is 0 Å². The van der Waals surface area contributed by atoms with Gasteiger partial charge < -0.3 is 4.42 Å². The van der Waals surface area contributed by atoms with Gasteiger partial charge in [0.05, 0.1) is 22.4 Å². The molecule has 1 spiro atoms. The molecule has 0 N–H and O–H groups in total. The Bertz CT molecular complexity index is 3080. The van der Waals surface area contributed by atoms with Crippen molar-refractivity contribution in [2.24, 2.45) is 0 Å². The molecule has 2 aromatic heterocycles. The molecule has 260 valence electrons. The van der Waals surface area contributed by atoms with E-state index < -0.39 is 5.41 Å². The number of para-hydroxylation sites is 1. The van der Waals surface area contributed by atoms with Gasteiger partial charge in [-0.05, 0) is 79.9 Å². The third-order valence-electron chi connectivity index (χ3n) is 11.9. The van der Waals surface area contributed by atoms with Crippen LogP contribution in [0.3, 0.4) is 0 Å². The van der Waals surface area contributed by atoms with E-state index in [1.54, 1.807) is 0 Å². The van der Waals surface area contributed by atoms with Crippen molar-refractivity contribution in [3.05, 3.63) is 216 Å². The number of nitrogens with zero attached hydrogens (tertiary/aromatic N) is 2. The second-order valence-electron chi connectivity index (χ2n) is 14.8. The van der Waals surface area contributed by atoms with Gasteiger partial charge >= 0.3 is 0 Å². The van der Waals surface area contributed by atoms with E-state index >= 15 is 0 Å². The molecule has 10 aromatic rings. The van der Waals surface area contributed by atoms with Gasteiger partial charge in [-0.15, -0.1) is 0 Å². The van der Waals surface area contributed by atoms with E-state index in [1.807, 2.05) is 30.3 Å². The summed E-state index contributed by atoms with van der Waals surface area (Å²) in [5.41, 5.74) is 18.4. The molecule has 0 saturated carbocycles. The predicted octanol–water partition coefficient (Wildman–Crippen LogP) is 13.4. The van der Waals surface area contributed by atoms with E-state index in [-0.39, 0.29) is 0 Å². The van der Waals surface area contributed by atoms with Gasteiger partial charge in [-0.3, -0.25) is 0 Å². The Hall–Kier alpha value is -7.36. The van der Waals surface area contributed by atoms with Gasteiger partial charge in [-0.25, -0.2) is 9.97 Å². The molecule has 0 radical (unpaired) electrons. The topological polar surface area (TPSA) is 38.9 Å². The Labute approximate surface area is 324 Å². The first-order valence-corrected chi connectivity index (χ1v) is 19.2. The number of furan rings is 1. The summed E-state index contributed by atoms with van der Waals surface area (Å²) in [6.45, 7) is 0. The summed E-state index contributed by atoms with van der Waals surface area (Å²) in [4.78, 5) is 10.5. The Morgan fingerprint density at radius 2 is 0.893 bits per heavy atom. The maximum Gasteiger partial charge on any atom is 0.160 e. The van der Waals surface area contributed by atoms with Crippen LogP contribution in [0.1, 0.15) is 22.3 Å². The lowest BCUT2D eigenvalue weighted by Crippen LogP contribution is -2.25. The maximum absolute atomic E-state index is 6.86. The summed E-state index contributed by atoms with van der Waals surface area (Å²) < 4.78 is 6.86. The van der Waals surface area contributed by atoms with Crippen LogP contribution in [0.15, 0.2) is 199 Å². The van der Waals surface area contributed by atoms with E-state index in [2.05, 4.69) is 164 Å². The van der Waals surface area contributed by atoms with Crippen LogP contribution >= 0.6 is 0 Å². The number of aromatic nitrogens is 2. The number of fused-ring (bicyclic) bond motifs is 13. The molecule has 56 heavy (non-hydrogen) atoms. The van der Waals surface area contributed by atoms with Crippen molar-refractivity contribution in [1.82, 2.24) is 9.97 Å². The molecule has 2 aliphatic rings. The van der Waals surface area contributed by atoms with Crippen molar-refractivity contribution in [1.29, 1.82) is 0 Å². The fourth-order valence-electron chi connectivity index (χ4n) is 9.59. The monoisotopic (exact) mass is 712 g/mol. The Kier molecular flexibility index (Phi) is 6.55. The van der Waals surface area contributed by atoms with E-state index in [9.17, 15) is 0 Å². The SMILES string of the molecule is c1ccc(-c2cc(-c3c(-c4ccc5c(c4)C4(c6ccccc6-c6ccccc64)c4ccccc4-5)ccc4c3oc3ccccc34)nc(-c3ccccc3)n2)cc1. The van der Waals surface area contributed by atoms with Crippen molar-refractivity contribution in [3.63, 3.8) is 0 Å². The molecule has 0 saturated heterocycles. The van der Waals surface area contributed by atoms with Crippen molar-refractivity contribution in [2.75, 3.05) is 0 Å². The molecular weight excluding hydrogens is 681 g/mol. The molecule has 3 heteroatoms. The molecule has 0 amide bonds. The molecule has 8 aromatic carbocycles. The number of hydrogen-bond acceptors (Lipinski definition) is 3. The van der Waals surface area contributed by atoms with Crippen LogP contribution in [0.5, 0.6) is 0 Å². The number of rotatable bonds is 4. The zero-order chi connectivity index (χ0) is 36.8. The Balaban J connectivity index is 1.17. The standard InChI is InChI=1S/C53H32N2O/c1-3-15-33(16-4-1)47-32-48(55-52(54-47)34-17-5-2-6-18-34)50-36(29-30-42-41-22-10-14-26-49(41)56-51(42)50)35-27-28-40-39-21-9-13-25-45(39)53(46(40)31-35)43-23-11-7-19-37(43)38-20-8-12-24-44(38)53/h1-32H. The number of benzene rings is 8. The minimum Gasteiger partial charge on any atom is -0.455 e. The minimum absolute atomic E-state index is 0.450. The van der Waals surface area contributed by atoms with Crippen LogP contribution in [0.25, 0.3) is 89.2 Å². The molecule has 0 atom stereocenters. The summed E-state index contributed by atoms with van der Waals surface area (Å²) in [6.07, 6.45) is 0. The lowest BCUT2D eigenvalue weighted by molar-refractivity contribution is 0.670. The average Bonchev–Trinajstić information content (AvgIpc) is 3.90. The van der Waals surface area contributed by atoms with E-state index in [0.717, 1.165) is 61.1 Å². The average molecular weight is 713 g/mol. The molecule has 2 heterocycles. The lowest BCUT2D eigenvalue weighted by atomic mass is 9.70. The molecule has 0 fully saturated rings. The normalized spacial score (nSPS) is 13.1. The molecule has 3 nitrogen and oxygen atoms in total. The smallest absolute Gasteiger partial charge is 0.160 e. The lowest BCUT2D eigenvalue weighted by Gasteiger charge is -2.30. The fraction of sp³-hybridized carbons (Fsp3) is 0.0189. The van der Waals surface area contributed by atoms with Gasteiger partial charge in [0.1, 0.15) is 11.2 Å². The summed E-state index contributed by atoms with van der Waals surface area (Å²) in [7, 11) is 0. The quantitative estimate of drug-likeness (QED) is 0.182. The minimum atomic E-state index is -0.450. The first-order valence-electron chi connectivity index (χ1n) is 19.2. The van der Waals surface area contributed by atoms with Crippen LogP contribution in [0.4, 0.5) is 0 Å². The van der Waals surface area contributed by atoms with Gasteiger partial charge in [0.25, 0.3) is 0 Å². The van der Waals surface area contributed by atoms with Crippen molar-refractivity contribution >= 4 is 21.9 Å². The highest BCUT2D eigenvalue weighted by atomic mass is 16.3. The molecule has 2 aliphatic carbocycles. The Morgan fingerprint density at radius 1 is 0.357 bits per heavy atom. The molecule has 0 aliphatic heterocycles. The first kappa shape index (κ1) is 31.0. The summed E-state index contributed by atoms with van der Waals surface area (Å²) >= 11 is 0. The highest BCUT2D eigenvalue weighted by Gasteiger charge is 2.51. The van der Waals surface area contributed by atoms with Crippen molar-refractivity contribution < 1.29 is 4.42 Å².